The highest BCUT2D eigenvalue weighted by Gasteiger charge is 2.24. The fraction of sp³-hybridized carbons (Fsp3) is 0.500. The number of carbonyl (C=O) groups excluding carboxylic acids is 3. The summed E-state index contributed by atoms with van der Waals surface area (Å²) in [7, 11) is 1.56. The molecule has 0 saturated carbocycles. The number of hydrogen-bond acceptors (Lipinski definition) is 5. The van der Waals surface area contributed by atoms with Crippen molar-refractivity contribution in [3.63, 3.8) is 0 Å². The van der Waals surface area contributed by atoms with Crippen molar-refractivity contribution in [2.24, 2.45) is 4.99 Å². The summed E-state index contributed by atoms with van der Waals surface area (Å²) in [6.07, 6.45) is 7.54. The molecule has 0 aliphatic carbocycles. The average Bonchev–Trinajstić information content (AvgIpc) is 2.73. The van der Waals surface area contributed by atoms with Crippen LogP contribution >= 0.6 is 0 Å². The highest BCUT2D eigenvalue weighted by atomic mass is 16.6. The number of ether oxygens (including phenoxy) is 2. The van der Waals surface area contributed by atoms with Gasteiger partial charge in [-0.15, -0.1) is 4.99 Å². The van der Waals surface area contributed by atoms with E-state index < -0.39 is 17.7 Å². The molecule has 0 spiro atoms. The number of carbonyl (C=O) groups is 3. The molecule has 0 radical (unpaired) electrons. The Morgan fingerprint density at radius 1 is 1.16 bits per heavy atom. The van der Waals surface area contributed by atoms with Gasteiger partial charge in [-0.05, 0) is 51.5 Å². The number of guanidine groups is 1. The lowest BCUT2D eigenvalue weighted by Gasteiger charge is -2.27. The molecule has 0 aromatic heterocycles. The van der Waals surface area contributed by atoms with Gasteiger partial charge in [-0.1, -0.05) is 42.5 Å². The van der Waals surface area contributed by atoms with E-state index in [0.717, 1.165) is 31.2 Å². The van der Waals surface area contributed by atoms with E-state index in [1.807, 2.05) is 44.2 Å². The second kappa shape index (κ2) is 12.6. The predicted molar refractivity (Wildman–Crippen MR) is 122 cm³/mol. The molecule has 1 aromatic rings. The van der Waals surface area contributed by atoms with E-state index in [2.05, 4.69) is 22.5 Å². The van der Waals surface area contributed by atoms with Gasteiger partial charge in [0.2, 0.25) is 11.9 Å². The van der Waals surface area contributed by atoms with Gasteiger partial charge >= 0.3 is 12.1 Å². The summed E-state index contributed by atoms with van der Waals surface area (Å²) in [4.78, 5) is 42.4. The molecule has 0 fully saturated rings. The molecule has 8 nitrogen and oxygen atoms in total. The molecule has 1 aliphatic heterocycles. The number of cyclic esters (lactones) is 1. The maximum absolute atomic E-state index is 12.5. The molecule has 0 unspecified atom stereocenters. The van der Waals surface area contributed by atoms with E-state index in [9.17, 15) is 14.4 Å². The van der Waals surface area contributed by atoms with Gasteiger partial charge in [0.05, 0.1) is 0 Å². The lowest BCUT2D eigenvalue weighted by molar-refractivity contribution is -0.157. The number of nitrogens with one attached hydrogen (secondary N) is 1. The number of benzene rings is 1. The second-order valence-electron chi connectivity index (χ2n) is 8.37. The van der Waals surface area contributed by atoms with Gasteiger partial charge in [-0.2, -0.15) is 0 Å². The van der Waals surface area contributed by atoms with Crippen LogP contribution in [0.5, 0.6) is 0 Å². The third-order valence-electron chi connectivity index (χ3n) is 4.86. The van der Waals surface area contributed by atoms with Gasteiger partial charge in [0.15, 0.2) is 0 Å². The van der Waals surface area contributed by atoms with Crippen molar-refractivity contribution in [1.82, 2.24) is 10.2 Å². The lowest BCUT2D eigenvalue weighted by Crippen LogP contribution is -2.46. The molecule has 0 saturated heterocycles. The van der Waals surface area contributed by atoms with Crippen LogP contribution in [0.15, 0.2) is 47.5 Å². The molecule has 1 heterocycles. The minimum Gasteiger partial charge on any atom is -0.458 e. The summed E-state index contributed by atoms with van der Waals surface area (Å²) >= 11 is 0. The van der Waals surface area contributed by atoms with Crippen LogP contribution in [0.1, 0.15) is 57.9 Å². The van der Waals surface area contributed by atoms with Crippen molar-refractivity contribution in [3.05, 3.63) is 48.0 Å². The van der Waals surface area contributed by atoms with Crippen molar-refractivity contribution in [1.29, 1.82) is 0 Å². The average molecular weight is 444 g/mol. The van der Waals surface area contributed by atoms with Gasteiger partial charge in [0.1, 0.15) is 18.8 Å². The summed E-state index contributed by atoms with van der Waals surface area (Å²) in [5, 5.41) is 2.62. The summed E-state index contributed by atoms with van der Waals surface area (Å²) in [6.45, 7) is 3.62. The monoisotopic (exact) mass is 443 g/mol. The van der Waals surface area contributed by atoms with Gasteiger partial charge in [0, 0.05) is 13.5 Å². The maximum atomic E-state index is 12.5. The Bertz CT molecular complexity index is 833. The minimum atomic E-state index is -0.859. The Hall–Kier alpha value is -3.16. The van der Waals surface area contributed by atoms with Crippen LogP contribution in [-0.2, 0) is 25.7 Å². The van der Waals surface area contributed by atoms with Crippen LogP contribution in [0, 0.1) is 0 Å². The predicted octanol–water partition coefficient (Wildman–Crippen LogP) is 3.96. The topological polar surface area (TPSA) is 97.3 Å². The van der Waals surface area contributed by atoms with Crippen LogP contribution in [0.25, 0.3) is 0 Å². The van der Waals surface area contributed by atoms with Gasteiger partial charge in [-0.25, -0.2) is 4.79 Å². The van der Waals surface area contributed by atoms with Crippen LogP contribution in [0.3, 0.4) is 0 Å². The van der Waals surface area contributed by atoms with E-state index >= 15 is 0 Å². The normalized spacial score (nSPS) is 20.8. The molecule has 0 atom stereocenters. The Morgan fingerprint density at radius 2 is 1.84 bits per heavy atom. The molecule has 174 valence electrons. The Balaban J connectivity index is 2.11. The zero-order chi connectivity index (χ0) is 23.4. The zero-order valence-corrected chi connectivity index (χ0v) is 19.1. The van der Waals surface area contributed by atoms with Crippen molar-refractivity contribution in [3.8, 4) is 0 Å². The summed E-state index contributed by atoms with van der Waals surface area (Å²) in [6, 6.07) is 9.20. The first-order valence-electron chi connectivity index (χ1n) is 10.9. The quantitative estimate of drug-likeness (QED) is 0.549. The van der Waals surface area contributed by atoms with E-state index in [-0.39, 0.29) is 31.4 Å². The van der Waals surface area contributed by atoms with E-state index in [4.69, 9.17) is 9.47 Å². The van der Waals surface area contributed by atoms with Crippen LogP contribution in [0.2, 0.25) is 0 Å². The zero-order valence-electron chi connectivity index (χ0n) is 19.1. The standard InChI is InChI=1S/C24H33N3O5/c1-24(2)16-12-7-5-4-6-11-15-20(28)25-22(27(3)17-21(29)32-24)26-23(30)31-18-19-13-9-8-10-14-19/h4-5,8-10,13-14H,6-7,11-12,15-18H2,1-3H3,(H,25,26,28,30)/b5-4+. The highest BCUT2D eigenvalue weighted by Crippen LogP contribution is 2.19. The summed E-state index contributed by atoms with van der Waals surface area (Å²) < 4.78 is 10.8. The first-order valence-corrected chi connectivity index (χ1v) is 10.9. The maximum Gasteiger partial charge on any atom is 0.437 e. The van der Waals surface area contributed by atoms with Crippen LogP contribution in [0.4, 0.5) is 4.79 Å². The molecular formula is C24H33N3O5. The van der Waals surface area contributed by atoms with Crippen molar-refractivity contribution in [2.75, 3.05) is 13.6 Å². The molecule has 1 aromatic carbocycles. The van der Waals surface area contributed by atoms with Crippen LogP contribution < -0.4 is 5.32 Å². The number of allylic oxidation sites excluding steroid dienone is 2. The van der Waals surface area contributed by atoms with Gasteiger partial charge in [-0.3, -0.25) is 14.9 Å². The summed E-state index contributed by atoms with van der Waals surface area (Å²) in [5.74, 6) is -0.814. The first kappa shape index (κ1) is 25.1. The molecule has 32 heavy (non-hydrogen) atoms. The fourth-order valence-electron chi connectivity index (χ4n) is 3.16. The van der Waals surface area contributed by atoms with E-state index in [0.29, 0.717) is 6.42 Å². The summed E-state index contributed by atoms with van der Waals surface area (Å²) in [5.41, 5.74) is 0.202. The Labute approximate surface area is 189 Å². The third kappa shape index (κ3) is 9.76. The molecule has 8 heteroatoms. The minimum absolute atomic E-state index is 0.0505. The van der Waals surface area contributed by atoms with Crippen molar-refractivity contribution < 1.29 is 23.9 Å². The molecule has 2 rings (SSSR count). The van der Waals surface area contributed by atoms with Gasteiger partial charge < -0.3 is 14.4 Å². The first-order chi connectivity index (χ1) is 15.2. The smallest absolute Gasteiger partial charge is 0.437 e. The number of esters is 1. The highest BCUT2D eigenvalue weighted by molar-refractivity contribution is 6.01. The largest absolute Gasteiger partial charge is 0.458 e. The second-order valence-corrected chi connectivity index (χ2v) is 8.37. The molecular weight excluding hydrogens is 410 g/mol. The number of likely N-dealkylation sites (N-methyl/N-ethyl adjacent to an activating group) is 1. The number of aliphatic imine (C=N–C) groups is 1. The number of amides is 2. The molecule has 0 bridgehead atoms. The number of rotatable bonds is 2. The van der Waals surface area contributed by atoms with E-state index in [1.165, 1.54) is 4.90 Å². The SMILES string of the molecule is CN1CC(=O)OC(C)(C)CCC/C=C/CCCC(=O)N/C1=N/C(=O)OCc1ccccc1. The number of hydrogen-bond donors (Lipinski definition) is 1. The van der Waals surface area contributed by atoms with Crippen molar-refractivity contribution >= 4 is 23.9 Å². The molecule has 1 aliphatic rings. The Morgan fingerprint density at radius 3 is 2.56 bits per heavy atom. The van der Waals surface area contributed by atoms with E-state index in [1.54, 1.807) is 7.05 Å². The lowest BCUT2D eigenvalue weighted by atomic mass is 10.0. The Kier molecular flexibility index (Phi) is 9.91. The molecule has 1 N–H and O–H groups in total. The van der Waals surface area contributed by atoms with Gasteiger partial charge in [0.25, 0.3) is 0 Å². The van der Waals surface area contributed by atoms with Crippen molar-refractivity contribution in [2.45, 2.75) is 64.6 Å². The molecule has 2 amide bonds. The van der Waals surface area contributed by atoms with Crippen LogP contribution in [-0.4, -0.2) is 48.0 Å². The third-order valence-corrected chi connectivity index (χ3v) is 4.86. The fourth-order valence-corrected chi connectivity index (χ4v) is 3.16. The number of nitrogens with zero attached hydrogens (tertiary/aromatic N) is 2.